The number of aryl methyl sites for hydroxylation is 1. The molecule has 0 bridgehead atoms. The minimum Gasteiger partial charge on any atom is -0.377 e. The van der Waals surface area contributed by atoms with Crippen molar-refractivity contribution in [2.75, 3.05) is 19.7 Å². The van der Waals surface area contributed by atoms with Crippen LogP contribution in [0.1, 0.15) is 44.3 Å². The van der Waals surface area contributed by atoms with Crippen molar-refractivity contribution in [2.45, 2.75) is 58.7 Å². The average molecular weight is 278 g/mol. The van der Waals surface area contributed by atoms with Crippen LogP contribution in [0.4, 0.5) is 0 Å². The summed E-state index contributed by atoms with van der Waals surface area (Å²) in [5, 5.41) is 8.40. The molecule has 1 fully saturated rings. The highest BCUT2D eigenvalue weighted by molar-refractivity contribution is 4.96. The van der Waals surface area contributed by atoms with Crippen LogP contribution in [0, 0.1) is 12.8 Å². The summed E-state index contributed by atoms with van der Waals surface area (Å²) in [6, 6.07) is 0. The molecule has 0 unspecified atom stereocenters. The highest BCUT2D eigenvalue weighted by Crippen LogP contribution is 2.26. The molecule has 20 heavy (non-hydrogen) atoms. The van der Waals surface area contributed by atoms with E-state index in [2.05, 4.69) is 26.6 Å². The fourth-order valence-electron chi connectivity index (χ4n) is 3.41. The molecule has 3 rings (SSSR count). The third-order valence-electron chi connectivity index (χ3n) is 4.79. The molecule has 0 N–H and O–H groups in total. The van der Waals surface area contributed by atoms with Gasteiger partial charge in [-0.25, -0.2) is 0 Å². The zero-order valence-electron chi connectivity index (χ0n) is 12.7. The number of fused-ring (bicyclic) bond motifs is 1. The molecular formula is C15H26N4O. The first-order valence-electron chi connectivity index (χ1n) is 7.96. The average Bonchev–Trinajstić information content (AvgIpc) is 2.82. The lowest BCUT2D eigenvalue weighted by Gasteiger charge is -2.31. The quantitative estimate of drug-likeness (QED) is 0.845. The molecule has 1 aromatic heterocycles. The maximum atomic E-state index is 6.11. The van der Waals surface area contributed by atoms with Crippen LogP contribution in [0.3, 0.4) is 0 Å². The van der Waals surface area contributed by atoms with Crippen molar-refractivity contribution >= 4 is 0 Å². The van der Waals surface area contributed by atoms with Crippen LogP contribution in [0.5, 0.6) is 0 Å². The zero-order chi connectivity index (χ0) is 13.9. The van der Waals surface area contributed by atoms with Gasteiger partial charge in [0.2, 0.25) is 0 Å². The summed E-state index contributed by atoms with van der Waals surface area (Å²) in [6.45, 7) is 9.21. The molecule has 2 aliphatic rings. The second-order valence-electron chi connectivity index (χ2n) is 6.26. The van der Waals surface area contributed by atoms with Crippen molar-refractivity contribution in [3.8, 4) is 0 Å². The van der Waals surface area contributed by atoms with Gasteiger partial charge in [0.25, 0.3) is 0 Å². The van der Waals surface area contributed by atoms with Gasteiger partial charge < -0.3 is 9.30 Å². The highest BCUT2D eigenvalue weighted by atomic mass is 16.5. The van der Waals surface area contributed by atoms with E-state index in [0.717, 1.165) is 50.4 Å². The fraction of sp³-hybridized carbons (Fsp3) is 0.867. The Labute approximate surface area is 121 Å². The first-order valence-corrected chi connectivity index (χ1v) is 7.96. The van der Waals surface area contributed by atoms with E-state index < -0.39 is 0 Å². The summed E-state index contributed by atoms with van der Waals surface area (Å²) in [4.78, 5) is 2.43. The van der Waals surface area contributed by atoms with Gasteiger partial charge in [0.1, 0.15) is 11.6 Å². The van der Waals surface area contributed by atoms with Gasteiger partial charge in [-0.15, -0.1) is 10.2 Å². The normalized spacial score (nSPS) is 27.5. The lowest BCUT2D eigenvalue weighted by Crippen LogP contribution is -2.37. The van der Waals surface area contributed by atoms with Crippen LogP contribution in [-0.2, 0) is 17.8 Å². The Balaban J connectivity index is 1.43. The number of nitrogens with zero attached hydrogens (tertiary/aromatic N) is 4. The third-order valence-corrected chi connectivity index (χ3v) is 4.79. The molecular weight excluding hydrogens is 252 g/mol. The van der Waals surface area contributed by atoms with Crippen LogP contribution < -0.4 is 0 Å². The summed E-state index contributed by atoms with van der Waals surface area (Å²) in [6.07, 6.45) is 5.77. The molecule has 0 amide bonds. The van der Waals surface area contributed by atoms with Gasteiger partial charge in [0.05, 0.1) is 19.3 Å². The maximum absolute atomic E-state index is 6.11. The smallest absolute Gasteiger partial charge is 0.147 e. The molecule has 0 spiro atoms. The minimum absolute atomic E-state index is 0.486. The molecule has 5 heteroatoms. The SMILES string of the molecule is Cc1nnc2n1CCN(CCO[C@H]1CCCC[C@@H]1C)C2. The van der Waals surface area contributed by atoms with Gasteiger partial charge in [-0.1, -0.05) is 19.8 Å². The van der Waals surface area contributed by atoms with Crippen LogP contribution in [-0.4, -0.2) is 45.5 Å². The Kier molecular flexibility index (Phi) is 4.36. The summed E-state index contributed by atoms with van der Waals surface area (Å²) in [5.74, 6) is 2.86. The maximum Gasteiger partial charge on any atom is 0.147 e. The van der Waals surface area contributed by atoms with Crippen molar-refractivity contribution < 1.29 is 4.74 Å². The molecule has 1 aromatic rings. The highest BCUT2D eigenvalue weighted by Gasteiger charge is 2.23. The van der Waals surface area contributed by atoms with E-state index in [-0.39, 0.29) is 0 Å². The summed E-state index contributed by atoms with van der Waals surface area (Å²) >= 11 is 0. The Hall–Kier alpha value is -0.940. The van der Waals surface area contributed by atoms with Crippen LogP contribution >= 0.6 is 0 Å². The molecule has 2 heterocycles. The van der Waals surface area contributed by atoms with Crippen molar-refractivity contribution in [2.24, 2.45) is 5.92 Å². The van der Waals surface area contributed by atoms with Gasteiger partial charge >= 0.3 is 0 Å². The molecule has 112 valence electrons. The predicted molar refractivity (Wildman–Crippen MR) is 77.4 cm³/mol. The molecule has 5 nitrogen and oxygen atoms in total. The van der Waals surface area contributed by atoms with E-state index in [0.29, 0.717) is 6.10 Å². The Morgan fingerprint density at radius 3 is 2.90 bits per heavy atom. The van der Waals surface area contributed by atoms with Crippen LogP contribution in [0.15, 0.2) is 0 Å². The van der Waals surface area contributed by atoms with Crippen molar-refractivity contribution in [1.29, 1.82) is 0 Å². The zero-order valence-corrected chi connectivity index (χ0v) is 12.7. The third kappa shape index (κ3) is 3.04. The number of ether oxygens (including phenoxy) is 1. The number of rotatable bonds is 4. The lowest BCUT2D eigenvalue weighted by molar-refractivity contribution is -0.0161. The molecule has 0 radical (unpaired) electrons. The van der Waals surface area contributed by atoms with Crippen LogP contribution in [0.25, 0.3) is 0 Å². The van der Waals surface area contributed by atoms with E-state index in [1.165, 1.54) is 25.7 Å². The van der Waals surface area contributed by atoms with Gasteiger partial charge in [0.15, 0.2) is 0 Å². The van der Waals surface area contributed by atoms with Gasteiger partial charge in [-0.2, -0.15) is 0 Å². The molecule has 2 atom stereocenters. The Morgan fingerprint density at radius 2 is 2.05 bits per heavy atom. The van der Waals surface area contributed by atoms with E-state index in [1.807, 2.05) is 6.92 Å². The summed E-state index contributed by atoms with van der Waals surface area (Å²) in [7, 11) is 0. The van der Waals surface area contributed by atoms with Crippen molar-refractivity contribution in [3.63, 3.8) is 0 Å². The van der Waals surface area contributed by atoms with Crippen molar-refractivity contribution in [1.82, 2.24) is 19.7 Å². The lowest BCUT2D eigenvalue weighted by atomic mass is 9.88. The van der Waals surface area contributed by atoms with E-state index >= 15 is 0 Å². The summed E-state index contributed by atoms with van der Waals surface area (Å²) in [5.41, 5.74) is 0. The largest absolute Gasteiger partial charge is 0.377 e. The monoisotopic (exact) mass is 278 g/mol. The standard InChI is InChI=1S/C15H26N4O/c1-12-5-3-4-6-14(12)20-10-9-18-7-8-19-13(2)16-17-15(19)11-18/h12,14H,3-11H2,1-2H3/t12-,14-/m0/s1. The molecule has 0 aromatic carbocycles. The number of hydrogen-bond donors (Lipinski definition) is 0. The Bertz CT molecular complexity index is 445. The van der Waals surface area contributed by atoms with Gasteiger partial charge in [-0.05, 0) is 25.7 Å². The number of hydrogen-bond acceptors (Lipinski definition) is 4. The summed E-state index contributed by atoms with van der Waals surface area (Å²) < 4.78 is 8.33. The first kappa shape index (κ1) is 14.0. The second kappa shape index (κ2) is 6.22. The second-order valence-corrected chi connectivity index (χ2v) is 6.26. The topological polar surface area (TPSA) is 43.2 Å². The van der Waals surface area contributed by atoms with Crippen molar-refractivity contribution in [3.05, 3.63) is 11.6 Å². The fourth-order valence-corrected chi connectivity index (χ4v) is 3.41. The van der Waals surface area contributed by atoms with Gasteiger partial charge in [0, 0.05) is 19.6 Å². The van der Waals surface area contributed by atoms with E-state index in [9.17, 15) is 0 Å². The van der Waals surface area contributed by atoms with E-state index in [4.69, 9.17) is 4.74 Å². The molecule has 1 aliphatic carbocycles. The Morgan fingerprint density at radius 1 is 1.20 bits per heavy atom. The molecule has 1 saturated carbocycles. The minimum atomic E-state index is 0.486. The molecule has 0 saturated heterocycles. The predicted octanol–water partition coefficient (Wildman–Crippen LogP) is 2.00. The van der Waals surface area contributed by atoms with E-state index in [1.54, 1.807) is 0 Å². The van der Waals surface area contributed by atoms with Gasteiger partial charge in [-0.3, -0.25) is 4.90 Å². The number of aromatic nitrogens is 3. The first-order chi connectivity index (χ1) is 9.74. The molecule has 1 aliphatic heterocycles. The van der Waals surface area contributed by atoms with Crippen LogP contribution in [0.2, 0.25) is 0 Å².